The Morgan fingerprint density at radius 2 is 2.00 bits per heavy atom. The summed E-state index contributed by atoms with van der Waals surface area (Å²) in [7, 11) is 1.43. The lowest BCUT2D eigenvalue weighted by atomic mass is 10.2. The van der Waals surface area contributed by atoms with Crippen LogP contribution in [0, 0.1) is 6.92 Å². The van der Waals surface area contributed by atoms with E-state index in [2.05, 4.69) is 31.8 Å². The van der Waals surface area contributed by atoms with E-state index < -0.39 is 11.8 Å². The van der Waals surface area contributed by atoms with Gasteiger partial charge in [-0.2, -0.15) is 5.10 Å². The summed E-state index contributed by atoms with van der Waals surface area (Å²) in [6.45, 7) is 1.87. The zero-order valence-corrected chi connectivity index (χ0v) is 15.8. The monoisotopic (exact) mass is 419 g/mol. The van der Waals surface area contributed by atoms with Crippen molar-refractivity contribution in [2.75, 3.05) is 12.4 Å². The number of rotatable bonds is 6. The Morgan fingerprint density at radius 1 is 1.27 bits per heavy atom. The van der Waals surface area contributed by atoms with E-state index in [4.69, 9.17) is 4.74 Å². The Morgan fingerprint density at radius 3 is 2.69 bits per heavy atom. The van der Waals surface area contributed by atoms with Gasteiger partial charge in [0.1, 0.15) is 6.42 Å². The van der Waals surface area contributed by atoms with Crippen LogP contribution < -0.4 is 15.5 Å². The van der Waals surface area contributed by atoms with Gasteiger partial charge in [0.25, 0.3) is 0 Å². The summed E-state index contributed by atoms with van der Waals surface area (Å²) in [5.74, 6) is -0.732. The van der Waals surface area contributed by atoms with Gasteiger partial charge in [0.15, 0.2) is 11.5 Å². The molecule has 0 aromatic heterocycles. The topological polar surface area (TPSA) is 100 Å². The highest BCUT2D eigenvalue weighted by Crippen LogP contribution is 2.34. The summed E-state index contributed by atoms with van der Waals surface area (Å²) in [6.07, 6.45) is 1.03. The van der Waals surface area contributed by atoms with Crippen molar-refractivity contribution in [1.82, 2.24) is 5.43 Å². The largest absolute Gasteiger partial charge is 0.503 e. The minimum atomic E-state index is -0.544. The number of carbonyl (C=O) groups excluding carboxylic acids is 2. The minimum Gasteiger partial charge on any atom is -0.503 e. The molecule has 0 aliphatic carbocycles. The molecular weight excluding hydrogens is 402 g/mol. The van der Waals surface area contributed by atoms with Crippen molar-refractivity contribution in [1.29, 1.82) is 0 Å². The molecule has 0 saturated carbocycles. The Kier molecular flexibility index (Phi) is 6.74. The van der Waals surface area contributed by atoms with Gasteiger partial charge in [-0.3, -0.25) is 9.59 Å². The Hall–Kier alpha value is -2.87. The fraction of sp³-hybridized carbons (Fsp3) is 0.167. The summed E-state index contributed by atoms with van der Waals surface area (Å²) in [6, 6.07) is 10.5. The highest BCUT2D eigenvalue weighted by Gasteiger charge is 2.10. The number of phenolic OH excluding ortho intramolecular Hbond substituents is 1. The maximum atomic E-state index is 11.9. The molecule has 136 valence electrons. The summed E-state index contributed by atoms with van der Waals surface area (Å²) >= 11 is 3.20. The zero-order chi connectivity index (χ0) is 19.1. The molecule has 0 heterocycles. The normalized spacial score (nSPS) is 10.6. The number of aryl methyl sites for hydroxylation is 1. The standard InChI is InChI=1S/C18H18BrN3O4/c1-11-5-3-4-6-14(11)21-16(23)9-17(24)22-20-10-12-7-13(19)18(25)15(8-12)26-2/h3-8,10,25H,9H2,1-2H3,(H,21,23)(H,22,24)/b20-10+. The van der Waals surface area contributed by atoms with Crippen molar-refractivity contribution in [3.05, 3.63) is 52.0 Å². The number of hydrogen-bond donors (Lipinski definition) is 3. The first kappa shape index (κ1) is 19.5. The molecule has 7 nitrogen and oxygen atoms in total. The second-order valence-corrected chi connectivity index (χ2v) is 6.24. The summed E-state index contributed by atoms with van der Waals surface area (Å²) in [4.78, 5) is 23.7. The predicted molar refractivity (Wildman–Crippen MR) is 103 cm³/mol. The SMILES string of the molecule is COc1cc(/C=N/NC(=O)CC(=O)Nc2ccccc2C)cc(Br)c1O. The summed E-state index contributed by atoms with van der Waals surface area (Å²) < 4.78 is 5.46. The van der Waals surface area contributed by atoms with E-state index in [9.17, 15) is 14.7 Å². The van der Waals surface area contributed by atoms with Crippen LogP contribution in [0.25, 0.3) is 0 Å². The number of benzene rings is 2. The van der Waals surface area contributed by atoms with Crippen molar-refractivity contribution in [3.63, 3.8) is 0 Å². The number of anilines is 1. The number of halogens is 1. The van der Waals surface area contributed by atoms with E-state index >= 15 is 0 Å². The number of hydrogen-bond acceptors (Lipinski definition) is 5. The van der Waals surface area contributed by atoms with Crippen LogP contribution in [-0.2, 0) is 9.59 Å². The van der Waals surface area contributed by atoms with Crippen LogP contribution in [0.1, 0.15) is 17.5 Å². The molecule has 0 aliphatic rings. The maximum absolute atomic E-state index is 11.9. The van der Waals surface area contributed by atoms with Gasteiger partial charge in [-0.1, -0.05) is 18.2 Å². The molecular formula is C18H18BrN3O4. The molecule has 2 amide bonds. The third-order valence-corrected chi connectivity index (χ3v) is 4.02. The van der Waals surface area contributed by atoms with Crippen LogP contribution in [0.5, 0.6) is 11.5 Å². The fourth-order valence-electron chi connectivity index (χ4n) is 2.10. The molecule has 0 saturated heterocycles. The summed E-state index contributed by atoms with van der Waals surface area (Å²) in [5.41, 5.74) is 4.45. The molecule has 0 radical (unpaired) electrons. The molecule has 2 aromatic carbocycles. The van der Waals surface area contributed by atoms with E-state index in [1.165, 1.54) is 13.3 Å². The van der Waals surface area contributed by atoms with Gasteiger partial charge in [-0.15, -0.1) is 0 Å². The van der Waals surface area contributed by atoms with Crippen molar-refractivity contribution < 1.29 is 19.4 Å². The first-order valence-corrected chi connectivity index (χ1v) is 8.44. The quantitative estimate of drug-likeness (QED) is 0.380. The first-order chi connectivity index (χ1) is 12.4. The molecule has 26 heavy (non-hydrogen) atoms. The van der Waals surface area contributed by atoms with Gasteiger partial charge in [-0.05, 0) is 52.2 Å². The van der Waals surface area contributed by atoms with Crippen molar-refractivity contribution in [2.45, 2.75) is 13.3 Å². The van der Waals surface area contributed by atoms with Gasteiger partial charge in [-0.25, -0.2) is 5.43 Å². The second kappa shape index (κ2) is 9.00. The number of carbonyl (C=O) groups is 2. The number of hydrazone groups is 1. The lowest BCUT2D eigenvalue weighted by Gasteiger charge is -2.07. The molecule has 0 spiro atoms. The van der Waals surface area contributed by atoms with Crippen LogP contribution in [0.3, 0.4) is 0 Å². The Labute approximate surface area is 159 Å². The molecule has 0 unspecified atom stereocenters. The van der Waals surface area contributed by atoms with Crippen LogP contribution in [0.4, 0.5) is 5.69 Å². The number of methoxy groups -OCH3 is 1. The number of nitrogens with zero attached hydrogens (tertiary/aromatic N) is 1. The number of para-hydroxylation sites is 1. The van der Waals surface area contributed by atoms with Crippen molar-refractivity contribution in [2.24, 2.45) is 5.10 Å². The minimum absolute atomic E-state index is 0.0263. The predicted octanol–water partition coefficient (Wildman–Crippen LogP) is 2.95. The molecule has 2 rings (SSSR count). The number of aromatic hydroxyl groups is 1. The van der Waals surface area contributed by atoms with E-state index in [0.29, 0.717) is 15.7 Å². The van der Waals surface area contributed by atoms with Crippen LogP contribution >= 0.6 is 15.9 Å². The number of ether oxygens (including phenoxy) is 1. The van der Waals surface area contributed by atoms with Crippen LogP contribution in [0.15, 0.2) is 46.0 Å². The highest BCUT2D eigenvalue weighted by atomic mass is 79.9. The number of amides is 2. The molecule has 3 N–H and O–H groups in total. The van der Waals surface area contributed by atoms with Gasteiger partial charge in [0, 0.05) is 5.69 Å². The van der Waals surface area contributed by atoms with E-state index in [1.54, 1.807) is 24.3 Å². The van der Waals surface area contributed by atoms with Gasteiger partial charge in [0.2, 0.25) is 11.8 Å². The molecule has 0 fully saturated rings. The number of phenols is 1. The fourth-order valence-corrected chi connectivity index (χ4v) is 2.56. The average molecular weight is 420 g/mol. The lowest BCUT2D eigenvalue weighted by molar-refractivity contribution is -0.126. The van der Waals surface area contributed by atoms with Gasteiger partial charge in [0.05, 0.1) is 17.8 Å². The molecule has 0 bridgehead atoms. The molecule has 0 aliphatic heterocycles. The third-order valence-electron chi connectivity index (χ3n) is 3.41. The molecule has 0 atom stereocenters. The van der Waals surface area contributed by atoms with Gasteiger partial charge < -0.3 is 15.2 Å². The van der Waals surface area contributed by atoms with E-state index in [0.717, 1.165) is 5.56 Å². The maximum Gasteiger partial charge on any atom is 0.249 e. The molecule has 8 heteroatoms. The smallest absolute Gasteiger partial charge is 0.249 e. The third kappa shape index (κ3) is 5.32. The van der Waals surface area contributed by atoms with Crippen LogP contribution in [-0.4, -0.2) is 30.2 Å². The second-order valence-electron chi connectivity index (χ2n) is 5.39. The first-order valence-electron chi connectivity index (χ1n) is 7.64. The van der Waals surface area contributed by atoms with E-state index in [-0.39, 0.29) is 17.9 Å². The van der Waals surface area contributed by atoms with E-state index in [1.807, 2.05) is 19.1 Å². The Bertz CT molecular complexity index is 852. The molecule has 2 aromatic rings. The summed E-state index contributed by atoms with van der Waals surface area (Å²) in [5, 5.41) is 16.2. The highest BCUT2D eigenvalue weighted by molar-refractivity contribution is 9.10. The zero-order valence-electron chi connectivity index (χ0n) is 14.2. The average Bonchev–Trinajstić information content (AvgIpc) is 2.59. The number of nitrogens with one attached hydrogen (secondary N) is 2. The lowest BCUT2D eigenvalue weighted by Crippen LogP contribution is -2.24. The van der Waals surface area contributed by atoms with Crippen molar-refractivity contribution >= 4 is 39.6 Å². The van der Waals surface area contributed by atoms with Gasteiger partial charge >= 0.3 is 0 Å². The van der Waals surface area contributed by atoms with Crippen molar-refractivity contribution in [3.8, 4) is 11.5 Å². The Balaban J connectivity index is 1.90. The van der Waals surface area contributed by atoms with Crippen LogP contribution in [0.2, 0.25) is 0 Å².